The number of rotatable bonds is 2. The van der Waals surface area contributed by atoms with E-state index in [9.17, 15) is 23.8 Å². The molecule has 0 aliphatic carbocycles. The van der Waals surface area contributed by atoms with Crippen LogP contribution in [-0.2, 0) is 0 Å². The van der Waals surface area contributed by atoms with E-state index in [1.165, 1.54) is 29.2 Å². The summed E-state index contributed by atoms with van der Waals surface area (Å²) in [6.07, 6.45) is -0.686. The normalized spacial score (nSPS) is 20.7. The second kappa shape index (κ2) is 5.96. The van der Waals surface area contributed by atoms with Gasteiger partial charge in [-0.25, -0.2) is 8.78 Å². The smallest absolute Gasteiger partial charge is 0.254 e. The van der Waals surface area contributed by atoms with Crippen molar-refractivity contribution in [2.75, 3.05) is 6.54 Å². The lowest BCUT2D eigenvalue weighted by Crippen LogP contribution is -2.32. The molecule has 0 bridgehead atoms. The molecule has 4 nitrogen and oxygen atoms in total. The highest BCUT2D eigenvalue weighted by atomic mass is 19.1. The van der Waals surface area contributed by atoms with E-state index >= 15 is 0 Å². The van der Waals surface area contributed by atoms with E-state index in [1.807, 2.05) is 0 Å². The molecule has 1 heterocycles. The summed E-state index contributed by atoms with van der Waals surface area (Å²) in [5, 5.41) is 19.4. The topological polar surface area (TPSA) is 60.8 Å². The van der Waals surface area contributed by atoms with Gasteiger partial charge in [-0.05, 0) is 42.8 Å². The van der Waals surface area contributed by atoms with Crippen LogP contribution in [0.3, 0.4) is 0 Å². The van der Waals surface area contributed by atoms with Gasteiger partial charge >= 0.3 is 0 Å². The van der Waals surface area contributed by atoms with Crippen molar-refractivity contribution in [2.24, 2.45) is 0 Å². The van der Waals surface area contributed by atoms with Crippen LogP contribution < -0.4 is 0 Å². The van der Waals surface area contributed by atoms with Crippen LogP contribution in [-0.4, -0.2) is 33.7 Å². The molecule has 2 N–H and O–H groups in total. The number of benzene rings is 2. The minimum absolute atomic E-state index is 0.0229. The molecule has 1 fully saturated rings. The van der Waals surface area contributed by atoms with Crippen molar-refractivity contribution < 1.29 is 23.8 Å². The Kier molecular flexibility index (Phi) is 4.00. The lowest BCUT2D eigenvalue weighted by molar-refractivity contribution is 0.0713. The van der Waals surface area contributed by atoms with E-state index in [-0.39, 0.29) is 29.8 Å². The van der Waals surface area contributed by atoms with Crippen molar-refractivity contribution in [3.8, 4) is 5.75 Å². The predicted octanol–water partition coefficient (Wildman–Crippen LogP) is 2.62. The maximum absolute atomic E-state index is 14.0. The Morgan fingerprint density at radius 1 is 1.17 bits per heavy atom. The minimum Gasteiger partial charge on any atom is -0.508 e. The van der Waals surface area contributed by atoms with E-state index in [4.69, 9.17) is 0 Å². The van der Waals surface area contributed by atoms with Crippen molar-refractivity contribution in [1.29, 1.82) is 0 Å². The average molecular weight is 319 g/mol. The first kappa shape index (κ1) is 15.4. The Morgan fingerprint density at radius 2 is 1.96 bits per heavy atom. The van der Waals surface area contributed by atoms with E-state index in [0.717, 1.165) is 18.2 Å². The fraction of sp³-hybridized carbons (Fsp3) is 0.235. The Morgan fingerprint density at radius 3 is 2.70 bits per heavy atom. The highest BCUT2D eigenvalue weighted by molar-refractivity contribution is 5.95. The number of hydrogen-bond donors (Lipinski definition) is 2. The molecule has 3 rings (SSSR count). The van der Waals surface area contributed by atoms with Gasteiger partial charge < -0.3 is 15.1 Å². The van der Waals surface area contributed by atoms with E-state index in [0.29, 0.717) is 0 Å². The molecular formula is C17H15F2NO3. The Balaban J connectivity index is 1.97. The van der Waals surface area contributed by atoms with E-state index in [1.54, 1.807) is 0 Å². The van der Waals surface area contributed by atoms with Gasteiger partial charge in [0.1, 0.15) is 17.4 Å². The standard InChI is InChI=1S/C17H15F2NO3/c18-11-4-5-15(19)14(7-11)16-8-13(22)9-20(16)17(23)10-2-1-3-12(21)6-10/h1-7,13,16,21-22H,8-9H2. The van der Waals surface area contributed by atoms with Gasteiger partial charge in [-0.2, -0.15) is 0 Å². The molecule has 1 amide bonds. The number of halogens is 2. The average Bonchev–Trinajstić information content (AvgIpc) is 2.90. The van der Waals surface area contributed by atoms with E-state index < -0.39 is 29.7 Å². The summed E-state index contributed by atoms with van der Waals surface area (Å²) in [6.45, 7) is 0.0229. The summed E-state index contributed by atoms with van der Waals surface area (Å²) in [5.74, 6) is -1.75. The molecule has 2 aromatic carbocycles. The van der Waals surface area contributed by atoms with Gasteiger partial charge in [0.2, 0.25) is 0 Å². The Bertz CT molecular complexity index is 750. The molecule has 1 saturated heterocycles. The van der Waals surface area contributed by atoms with Crippen LogP contribution in [0.2, 0.25) is 0 Å². The van der Waals surface area contributed by atoms with Gasteiger partial charge in [0.05, 0.1) is 12.1 Å². The predicted molar refractivity (Wildman–Crippen MR) is 78.9 cm³/mol. The number of hydrogen-bond acceptors (Lipinski definition) is 3. The van der Waals surface area contributed by atoms with Crippen molar-refractivity contribution in [2.45, 2.75) is 18.6 Å². The number of aliphatic hydroxyl groups is 1. The number of nitrogens with zero attached hydrogens (tertiary/aromatic N) is 1. The number of aliphatic hydroxyl groups excluding tert-OH is 1. The first-order chi connectivity index (χ1) is 11.0. The zero-order valence-corrected chi connectivity index (χ0v) is 12.1. The molecule has 1 aliphatic rings. The quantitative estimate of drug-likeness (QED) is 0.894. The summed E-state index contributed by atoms with van der Waals surface area (Å²) >= 11 is 0. The van der Waals surface area contributed by atoms with Gasteiger partial charge in [0.15, 0.2) is 0 Å². The molecule has 0 spiro atoms. The maximum Gasteiger partial charge on any atom is 0.254 e. The zero-order valence-electron chi connectivity index (χ0n) is 12.1. The van der Waals surface area contributed by atoms with E-state index in [2.05, 4.69) is 0 Å². The maximum atomic E-state index is 14.0. The molecule has 2 aromatic rings. The van der Waals surface area contributed by atoms with Crippen LogP contribution in [0.25, 0.3) is 0 Å². The van der Waals surface area contributed by atoms with Crippen molar-refractivity contribution in [3.05, 3.63) is 65.2 Å². The van der Waals surface area contributed by atoms with Crippen LogP contribution in [0.5, 0.6) is 5.75 Å². The third-order valence-corrected chi connectivity index (χ3v) is 3.95. The lowest BCUT2D eigenvalue weighted by atomic mass is 10.0. The molecule has 0 aromatic heterocycles. The molecule has 0 radical (unpaired) electrons. The number of β-amino-alcohol motifs (C(OH)–C–C–N with tert-alkyl or cyclic N) is 1. The lowest BCUT2D eigenvalue weighted by Gasteiger charge is -2.25. The monoisotopic (exact) mass is 319 g/mol. The van der Waals surface area contributed by atoms with Crippen LogP contribution >= 0.6 is 0 Å². The van der Waals surface area contributed by atoms with Crippen LogP contribution in [0, 0.1) is 11.6 Å². The number of carbonyl (C=O) groups excluding carboxylic acids is 1. The molecule has 6 heteroatoms. The summed E-state index contributed by atoms with van der Waals surface area (Å²) in [4.78, 5) is 13.9. The first-order valence-corrected chi connectivity index (χ1v) is 7.18. The fourth-order valence-corrected chi connectivity index (χ4v) is 2.91. The third-order valence-electron chi connectivity index (χ3n) is 3.95. The highest BCUT2D eigenvalue weighted by Gasteiger charge is 2.37. The van der Waals surface area contributed by atoms with Gasteiger partial charge in [0, 0.05) is 17.7 Å². The molecule has 0 saturated carbocycles. The largest absolute Gasteiger partial charge is 0.508 e. The number of phenols is 1. The minimum atomic E-state index is -0.816. The van der Waals surface area contributed by atoms with Gasteiger partial charge in [-0.1, -0.05) is 6.07 Å². The molecule has 2 unspecified atom stereocenters. The van der Waals surface area contributed by atoms with Gasteiger partial charge in [0.25, 0.3) is 5.91 Å². The highest BCUT2D eigenvalue weighted by Crippen LogP contribution is 2.35. The van der Waals surface area contributed by atoms with Crippen molar-refractivity contribution >= 4 is 5.91 Å². The molecule has 120 valence electrons. The summed E-state index contributed by atoms with van der Waals surface area (Å²) in [6, 6.07) is 8.07. The van der Waals surface area contributed by atoms with Gasteiger partial charge in [-0.15, -0.1) is 0 Å². The number of aromatic hydroxyl groups is 1. The fourth-order valence-electron chi connectivity index (χ4n) is 2.91. The molecule has 23 heavy (non-hydrogen) atoms. The molecule has 1 aliphatic heterocycles. The number of phenolic OH excluding ortho intramolecular Hbond substituents is 1. The van der Waals surface area contributed by atoms with Gasteiger partial charge in [-0.3, -0.25) is 4.79 Å². The summed E-state index contributed by atoms with van der Waals surface area (Å²) in [5.41, 5.74) is 0.260. The number of amides is 1. The van der Waals surface area contributed by atoms with Crippen LogP contribution in [0.4, 0.5) is 8.78 Å². The summed E-state index contributed by atoms with van der Waals surface area (Å²) < 4.78 is 27.5. The Labute approximate surface area is 131 Å². The second-order valence-electron chi connectivity index (χ2n) is 5.58. The second-order valence-corrected chi connectivity index (χ2v) is 5.58. The third kappa shape index (κ3) is 3.03. The Hall–Kier alpha value is -2.47. The SMILES string of the molecule is O=C(c1cccc(O)c1)N1CC(O)CC1c1cc(F)ccc1F. The number of likely N-dealkylation sites (tertiary alicyclic amines) is 1. The molecule has 2 atom stereocenters. The molecular weight excluding hydrogens is 304 g/mol. The number of carbonyl (C=O) groups is 1. The van der Waals surface area contributed by atoms with Crippen molar-refractivity contribution in [1.82, 2.24) is 4.90 Å². The van der Waals surface area contributed by atoms with Crippen LogP contribution in [0.15, 0.2) is 42.5 Å². The zero-order chi connectivity index (χ0) is 16.6. The first-order valence-electron chi connectivity index (χ1n) is 7.18. The van der Waals surface area contributed by atoms with Crippen LogP contribution in [0.1, 0.15) is 28.4 Å². The summed E-state index contributed by atoms with van der Waals surface area (Å²) in [7, 11) is 0. The van der Waals surface area contributed by atoms with Crippen molar-refractivity contribution in [3.63, 3.8) is 0 Å².